The zero-order chi connectivity index (χ0) is 18.6. The molecule has 1 aliphatic heterocycles. The third-order valence-electron chi connectivity index (χ3n) is 5.09. The molecule has 27 heavy (non-hydrogen) atoms. The monoisotopic (exact) mass is 361 g/mol. The van der Waals surface area contributed by atoms with E-state index in [1.54, 1.807) is 13.2 Å². The minimum absolute atomic E-state index is 0.0698. The first-order valence-corrected chi connectivity index (χ1v) is 9.23. The summed E-state index contributed by atoms with van der Waals surface area (Å²) in [6.45, 7) is 4.04. The van der Waals surface area contributed by atoms with Crippen molar-refractivity contribution in [2.24, 2.45) is 0 Å². The van der Waals surface area contributed by atoms with E-state index in [9.17, 15) is 4.79 Å². The van der Waals surface area contributed by atoms with Gasteiger partial charge in [-0.1, -0.05) is 30.3 Å². The van der Waals surface area contributed by atoms with Gasteiger partial charge in [-0.05, 0) is 29.8 Å². The van der Waals surface area contributed by atoms with Gasteiger partial charge in [-0.2, -0.15) is 0 Å². The number of pyridine rings is 1. The molecular weight excluding hydrogens is 338 g/mol. The summed E-state index contributed by atoms with van der Waals surface area (Å²) in [6, 6.07) is 17.7. The molecule has 1 aliphatic rings. The topological polar surface area (TPSA) is 45.7 Å². The number of piperazine rings is 1. The number of carbonyl (C=O) groups excluding carboxylic acids is 1. The van der Waals surface area contributed by atoms with E-state index in [1.165, 1.54) is 10.9 Å². The van der Waals surface area contributed by atoms with Crippen LogP contribution in [0, 0.1) is 0 Å². The maximum absolute atomic E-state index is 12.7. The number of para-hydroxylation sites is 1. The number of benzene rings is 2. The van der Waals surface area contributed by atoms with Crippen LogP contribution in [0.15, 0.2) is 60.8 Å². The molecule has 4 rings (SSSR count). The van der Waals surface area contributed by atoms with Gasteiger partial charge in [0.05, 0.1) is 12.6 Å². The Balaban J connectivity index is 1.40. The molecule has 2 aromatic carbocycles. The molecule has 1 fully saturated rings. The highest BCUT2D eigenvalue weighted by atomic mass is 16.5. The fourth-order valence-electron chi connectivity index (χ4n) is 3.58. The second kappa shape index (κ2) is 7.76. The van der Waals surface area contributed by atoms with Gasteiger partial charge in [-0.3, -0.25) is 14.7 Å². The van der Waals surface area contributed by atoms with Crippen LogP contribution < -0.4 is 4.74 Å². The lowest BCUT2D eigenvalue weighted by Crippen LogP contribution is -2.48. The number of rotatable bonds is 4. The number of hydrogen-bond donors (Lipinski definition) is 0. The average Bonchev–Trinajstić information content (AvgIpc) is 2.74. The number of fused-ring (bicyclic) bond motifs is 1. The predicted octanol–water partition coefficient (Wildman–Crippen LogP) is 3.20. The fraction of sp³-hybridized carbons (Fsp3) is 0.273. The van der Waals surface area contributed by atoms with E-state index in [0.717, 1.165) is 38.2 Å². The molecule has 0 atom stereocenters. The normalized spacial score (nSPS) is 15.1. The molecule has 5 nitrogen and oxygen atoms in total. The summed E-state index contributed by atoms with van der Waals surface area (Å²) in [5.41, 5.74) is 2.98. The fourth-order valence-corrected chi connectivity index (χ4v) is 3.58. The van der Waals surface area contributed by atoms with Crippen molar-refractivity contribution in [3.8, 4) is 5.75 Å². The average molecular weight is 361 g/mol. The van der Waals surface area contributed by atoms with Gasteiger partial charge >= 0.3 is 0 Å². The number of ether oxygens (including phenoxy) is 1. The van der Waals surface area contributed by atoms with Crippen LogP contribution in [0.3, 0.4) is 0 Å². The van der Waals surface area contributed by atoms with E-state index < -0.39 is 0 Å². The molecule has 5 heteroatoms. The first kappa shape index (κ1) is 17.5. The van der Waals surface area contributed by atoms with E-state index in [0.29, 0.717) is 11.3 Å². The molecule has 0 aliphatic carbocycles. The molecule has 138 valence electrons. The zero-order valence-electron chi connectivity index (χ0n) is 15.5. The molecule has 0 radical (unpaired) electrons. The van der Waals surface area contributed by atoms with Gasteiger partial charge in [-0.25, -0.2) is 0 Å². The summed E-state index contributed by atoms with van der Waals surface area (Å²) in [6.07, 6.45) is 1.84. The predicted molar refractivity (Wildman–Crippen MR) is 106 cm³/mol. The lowest BCUT2D eigenvalue weighted by Gasteiger charge is -2.35. The molecule has 0 bridgehead atoms. The second-order valence-electron chi connectivity index (χ2n) is 6.79. The lowest BCUT2D eigenvalue weighted by atomic mass is 10.1. The Morgan fingerprint density at radius 2 is 1.81 bits per heavy atom. The van der Waals surface area contributed by atoms with E-state index in [-0.39, 0.29) is 5.91 Å². The number of hydrogen-bond acceptors (Lipinski definition) is 4. The van der Waals surface area contributed by atoms with Crippen molar-refractivity contribution in [3.05, 3.63) is 71.9 Å². The quantitative estimate of drug-likeness (QED) is 0.716. The molecule has 1 aromatic heterocycles. The van der Waals surface area contributed by atoms with Crippen molar-refractivity contribution < 1.29 is 9.53 Å². The lowest BCUT2D eigenvalue weighted by molar-refractivity contribution is 0.0628. The van der Waals surface area contributed by atoms with Crippen LogP contribution in [0.25, 0.3) is 10.9 Å². The largest absolute Gasteiger partial charge is 0.497 e. The van der Waals surface area contributed by atoms with Crippen molar-refractivity contribution in [3.63, 3.8) is 0 Å². The summed E-state index contributed by atoms with van der Waals surface area (Å²) in [5, 5.41) is 1.17. The number of aromatic nitrogens is 1. The van der Waals surface area contributed by atoms with E-state index >= 15 is 0 Å². The number of carbonyl (C=O) groups is 1. The summed E-state index contributed by atoms with van der Waals surface area (Å²) < 4.78 is 5.23. The molecule has 0 unspecified atom stereocenters. The third kappa shape index (κ3) is 3.78. The summed E-state index contributed by atoms with van der Waals surface area (Å²) >= 11 is 0. The van der Waals surface area contributed by atoms with Gasteiger partial charge in [0.2, 0.25) is 0 Å². The Hall–Kier alpha value is -2.92. The van der Waals surface area contributed by atoms with E-state index in [4.69, 9.17) is 4.74 Å². The summed E-state index contributed by atoms with van der Waals surface area (Å²) in [7, 11) is 1.62. The summed E-state index contributed by atoms with van der Waals surface area (Å²) in [5.74, 6) is 0.781. The molecule has 0 N–H and O–H groups in total. The minimum atomic E-state index is 0.0698. The SMILES string of the molecule is COc1cccc(C(=O)N2CCN(Cc3cccc4cccnc34)CC2)c1. The van der Waals surface area contributed by atoms with Crippen LogP contribution >= 0.6 is 0 Å². The van der Waals surface area contributed by atoms with Crippen molar-refractivity contribution in [1.29, 1.82) is 0 Å². The van der Waals surface area contributed by atoms with Crippen molar-refractivity contribution in [2.75, 3.05) is 33.3 Å². The maximum Gasteiger partial charge on any atom is 0.254 e. The van der Waals surface area contributed by atoms with Gasteiger partial charge in [0.15, 0.2) is 0 Å². The second-order valence-corrected chi connectivity index (χ2v) is 6.79. The van der Waals surface area contributed by atoms with Crippen molar-refractivity contribution in [1.82, 2.24) is 14.8 Å². The highest BCUT2D eigenvalue weighted by molar-refractivity contribution is 5.94. The first-order chi connectivity index (χ1) is 13.2. The molecule has 2 heterocycles. The first-order valence-electron chi connectivity index (χ1n) is 9.23. The third-order valence-corrected chi connectivity index (χ3v) is 5.09. The molecule has 1 amide bonds. The van der Waals surface area contributed by atoms with Gasteiger partial charge < -0.3 is 9.64 Å². The Bertz CT molecular complexity index is 944. The number of amides is 1. The van der Waals surface area contributed by atoms with Gasteiger partial charge in [0, 0.05) is 49.9 Å². The van der Waals surface area contributed by atoms with Gasteiger partial charge in [0.1, 0.15) is 5.75 Å². The number of nitrogens with zero attached hydrogens (tertiary/aromatic N) is 3. The molecule has 0 saturated carbocycles. The van der Waals surface area contributed by atoms with E-state index in [1.807, 2.05) is 35.4 Å². The standard InChI is InChI=1S/C22H23N3O2/c1-27-20-9-3-6-18(15-20)22(26)25-13-11-24(12-14-25)16-19-7-2-5-17-8-4-10-23-21(17)19/h2-10,15H,11-14,16H2,1H3. The van der Waals surface area contributed by atoms with Crippen LogP contribution in [0.4, 0.5) is 0 Å². The highest BCUT2D eigenvalue weighted by Gasteiger charge is 2.22. The zero-order valence-corrected chi connectivity index (χ0v) is 15.5. The molecule has 0 spiro atoms. The van der Waals surface area contributed by atoms with Crippen LogP contribution in [0.1, 0.15) is 15.9 Å². The highest BCUT2D eigenvalue weighted by Crippen LogP contribution is 2.19. The van der Waals surface area contributed by atoms with Crippen LogP contribution in [0.2, 0.25) is 0 Å². The Morgan fingerprint density at radius 3 is 2.63 bits per heavy atom. The van der Waals surface area contributed by atoms with Crippen LogP contribution in [-0.4, -0.2) is 54.0 Å². The smallest absolute Gasteiger partial charge is 0.254 e. The Morgan fingerprint density at radius 1 is 1.04 bits per heavy atom. The number of methoxy groups -OCH3 is 1. The Kier molecular flexibility index (Phi) is 5.03. The van der Waals surface area contributed by atoms with Crippen LogP contribution in [-0.2, 0) is 6.54 Å². The minimum Gasteiger partial charge on any atom is -0.497 e. The maximum atomic E-state index is 12.7. The molecule has 3 aromatic rings. The van der Waals surface area contributed by atoms with Gasteiger partial charge in [0.25, 0.3) is 5.91 Å². The van der Waals surface area contributed by atoms with Gasteiger partial charge in [-0.15, -0.1) is 0 Å². The molecular formula is C22H23N3O2. The molecule has 1 saturated heterocycles. The summed E-state index contributed by atoms with van der Waals surface area (Å²) in [4.78, 5) is 21.6. The van der Waals surface area contributed by atoms with Crippen LogP contribution in [0.5, 0.6) is 5.75 Å². The van der Waals surface area contributed by atoms with E-state index in [2.05, 4.69) is 34.1 Å². The van der Waals surface area contributed by atoms with Crippen molar-refractivity contribution in [2.45, 2.75) is 6.54 Å². The Labute approximate surface area is 159 Å². The van der Waals surface area contributed by atoms with Crippen molar-refractivity contribution >= 4 is 16.8 Å².